The number of nitrogens with one attached hydrogen (secondary N) is 1. The number of aryl methyl sites for hydroxylation is 1. The van der Waals surface area contributed by atoms with E-state index < -0.39 is 0 Å². The number of hydrogen-bond acceptors (Lipinski definition) is 2. The minimum Gasteiger partial charge on any atom is -0.352 e. The van der Waals surface area contributed by atoms with Crippen LogP contribution in [0.4, 0.5) is 0 Å². The minimum atomic E-state index is 0.0566. The molecule has 1 aromatic carbocycles. The molecule has 0 saturated heterocycles. The quantitative estimate of drug-likeness (QED) is 0.889. The first-order chi connectivity index (χ1) is 8.75. The van der Waals surface area contributed by atoms with Crippen LogP contribution in [0.15, 0.2) is 41.1 Å². The van der Waals surface area contributed by atoms with Gasteiger partial charge in [0.2, 0.25) is 5.91 Å². The molecule has 0 saturated carbocycles. The molecule has 2 aromatic rings. The highest BCUT2D eigenvalue weighted by Gasteiger charge is 2.04. The van der Waals surface area contributed by atoms with Gasteiger partial charge in [-0.25, -0.2) is 0 Å². The predicted molar refractivity (Wildman–Crippen MR) is 75.9 cm³/mol. The Kier molecular flexibility index (Phi) is 4.79. The van der Waals surface area contributed by atoms with Crippen LogP contribution >= 0.6 is 22.9 Å². The number of carbonyl (C=O) groups is 1. The zero-order valence-corrected chi connectivity index (χ0v) is 11.4. The summed E-state index contributed by atoms with van der Waals surface area (Å²) in [5.74, 6) is 0.0566. The molecule has 0 bridgehead atoms. The van der Waals surface area contributed by atoms with E-state index in [4.69, 9.17) is 11.6 Å². The lowest BCUT2D eigenvalue weighted by Gasteiger charge is -2.06. The van der Waals surface area contributed by atoms with Gasteiger partial charge in [0.1, 0.15) is 0 Å². The van der Waals surface area contributed by atoms with Crippen LogP contribution in [-0.4, -0.2) is 5.91 Å². The van der Waals surface area contributed by atoms with Crippen molar-refractivity contribution in [3.63, 3.8) is 0 Å². The van der Waals surface area contributed by atoms with E-state index in [0.29, 0.717) is 18.0 Å². The maximum Gasteiger partial charge on any atom is 0.220 e. The van der Waals surface area contributed by atoms with Gasteiger partial charge in [0, 0.05) is 18.0 Å². The summed E-state index contributed by atoms with van der Waals surface area (Å²) in [6.45, 7) is 0.488. The SMILES string of the molecule is O=C(CCc1ccsc1)NCc1ccccc1Cl. The molecule has 0 radical (unpaired) electrons. The average molecular weight is 280 g/mol. The van der Waals surface area contributed by atoms with Crippen LogP contribution in [0.1, 0.15) is 17.5 Å². The largest absolute Gasteiger partial charge is 0.352 e. The number of hydrogen-bond donors (Lipinski definition) is 1. The first-order valence-corrected chi connectivity index (χ1v) is 7.09. The molecule has 0 spiro atoms. The monoisotopic (exact) mass is 279 g/mol. The number of benzene rings is 1. The van der Waals surface area contributed by atoms with Crippen molar-refractivity contribution in [2.24, 2.45) is 0 Å². The summed E-state index contributed by atoms with van der Waals surface area (Å²) in [6.07, 6.45) is 1.30. The molecule has 0 aliphatic carbocycles. The fraction of sp³-hybridized carbons (Fsp3) is 0.214. The summed E-state index contributed by atoms with van der Waals surface area (Å²) in [4.78, 5) is 11.7. The Morgan fingerprint density at radius 2 is 2.11 bits per heavy atom. The third-order valence-electron chi connectivity index (χ3n) is 2.65. The van der Waals surface area contributed by atoms with Crippen molar-refractivity contribution < 1.29 is 4.79 Å². The summed E-state index contributed by atoms with van der Waals surface area (Å²) in [5.41, 5.74) is 2.16. The highest BCUT2D eigenvalue weighted by Crippen LogP contribution is 2.14. The van der Waals surface area contributed by atoms with E-state index in [2.05, 4.69) is 10.7 Å². The Bertz CT molecular complexity index is 510. The smallest absolute Gasteiger partial charge is 0.220 e. The maximum atomic E-state index is 11.7. The minimum absolute atomic E-state index is 0.0566. The van der Waals surface area contributed by atoms with E-state index in [1.54, 1.807) is 11.3 Å². The van der Waals surface area contributed by atoms with Gasteiger partial charge in [0.25, 0.3) is 0 Å². The average Bonchev–Trinajstić information content (AvgIpc) is 2.88. The lowest BCUT2D eigenvalue weighted by atomic mass is 10.2. The summed E-state index contributed by atoms with van der Waals surface area (Å²) >= 11 is 7.67. The lowest BCUT2D eigenvalue weighted by Crippen LogP contribution is -2.23. The maximum absolute atomic E-state index is 11.7. The molecule has 1 heterocycles. The van der Waals surface area contributed by atoms with Gasteiger partial charge in [0.15, 0.2) is 0 Å². The molecule has 4 heteroatoms. The Morgan fingerprint density at radius 3 is 2.83 bits per heavy atom. The topological polar surface area (TPSA) is 29.1 Å². The van der Waals surface area contributed by atoms with Gasteiger partial charge >= 0.3 is 0 Å². The predicted octanol–water partition coefficient (Wildman–Crippen LogP) is 3.65. The number of halogens is 1. The van der Waals surface area contributed by atoms with Crippen molar-refractivity contribution in [1.82, 2.24) is 5.32 Å². The second kappa shape index (κ2) is 6.57. The molecule has 1 aromatic heterocycles. The second-order valence-corrected chi connectivity index (χ2v) is 5.19. The normalized spacial score (nSPS) is 10.3. The van der Waals surface area contributed by atoms with Gasteiger partial charge in [-0.1, -0.05) is 29.8 Å². The second-order valence-electron chi connectivity index (χ2n) is 4.00. The number of rotatable bonds is 5. The van der Waals surface area contributed by atoms with Crippen molar-refractivity contribution in [3.05, 3.63) is 57.2 Å². The van der Waals surface area contributed by atoms with Crippen molar-refractivity contribution in [2.45, 2.75) is 19.4 Å². The molecule has 2 nitrogen and oxygen atoms in total. The Hall–Kier alpha value is -1.32. The lowest BCUT2D eigenvalue weighted by molar-refractivity contribution is -0.121. The van der Waals surface area contributed by atoms with Crippen LogP contribution in [-0.2, 0) is 17.8 Å². The van der Waals surface area contributed by atoms with Crippen molar-refractivity contribution in [2.75, 3.05) is 0 Å². The van der Waals surface area contributed by atoms with Gasteiger partial charge in [-0.3, -0.25) is 4.79 Å². The van der Waals surface area contributed by atoms with Gasteiger partial charge < -0.3 is 5.32 Å². The fourth-order valence-corrected chi connectivity index (χ4v) is 2.52. The first kappa shape index (κ1) is 13.1. The number of carbonyl (C=O) groups excluding carboxylic acids is 1. The van der Waals surface area contributed by atoms with E-state index >= 15 is 0 Å². The highest BCUT2D eigenvalue weighted by molar-refractivity contribution is 7.07. The molecule has 1 N–H and O–H groups in total. The van der Waals surface area contributed by atoms with Crippen LogP contribution in [0.3, 0.4) is 0 Å². The summed E-state index contributed by atoms with van der Waals surface area (Å²) in [5, 5.41) is 7.67. The van der Waals surface area contributed by atoms with E-state index in [-0.39, 0.29) is 5.91 Å². The van der Waals surface area contributed by atoms with Crippen LogP contribution in [0.2, 0.25) is 5.02 Å². The molecule has 0 unspecified atom stereocenters. The first-order valence-electron chi connectivity index (χ1n) is 5.77. The van der Waals surface area contributed by atoms with Gasteiger partial charge in [-0.15, -0.1) is 0 Å². The molecular formula is C14H14ClNOS. The van der Waals surface area contributed by atoms with E-state index in [1.807, 2.05) is 35.7 Å². The molecule has 0 aliphatic rings. The molecule has 2 rings (SSSR count). The van der Waals surface area contributed by atoms with Crippen molar-refractivity contribution in [3.8, 4) is 0 Å². The standard InChI is InChI=1S/C14H14ClNOS/c15-13-4-2-1-3-12(13)9-16-14(17)6-5-11-7-8-18-10-11/h1-4,7-8,10H,5-6,9H2,(H,16,17). The molecule has 0 aliphatic heterocycles. The Labute approximate surface area is 116 Å². The van der Waals surface area contributed by atoms with Crippen molar-refractivity contribution >= 4 is 28.8 Å². The molecule has 94 valence electrons. The van der Waals surface area contributed by atoms with E-state index in [1.165, 1.54) is 5.56 Å². The van der Waals surface area contributed by atoms with Crippen LogP contribution in [0.5, 0.6) is 0 Å². The van der Waals surface area contributed by atoms with Crippen molar-refractivity contribution in [1.29, 1.82) is 0 Å². The highest BCUT2D eigenvalue weighted by atomic mass is 35.5. The van der Waals surface area contributed by atoms with Crippen LogP contribution < -0.4 is 5.32 Å². The summed E-state index contributed by atoms with van der Waals surface area (Å²) < 4.78 is 0. The van der Waals surface area contributed by atoms with Crippen LogP contribution in [0.25, 0.3) is 0 Å². The molecule has 0 fully saturated rings. The number of thiophene rings is 1. The van der Waals surface area contributed by atoms with Gasteiger partial charge in [-0.2, -0.15) is 11.3 Å². The molecule has 0 atom stereocenters. The van der Waals surface area contributed by atoms with Gasteiger partial charge in [0.05, 0.1) is 0 Å². The van der Waals surface area contributed by atoms with E-state index in [0.717, 1.165) is 12.0 Å². The summed E-state index contributed by atoms with van der Waals surface area (Å²) in [6, 6.07) is 9.59. The van der Waals surface area contributed by atoms with Crippen LogP contribution in [0, 0.1) is 0 Å². The zero-order chi connectivity index (χ0) is 12.8. The van der Waals surface area contributed by atoms with Gasteiger partial charge in [-0.05, 0) is 40.4 Å². The zero-order valence-electron chi connectivity index (χ0n) is 9.86. The third kappa shape index (κ3) is 3.86. The Balaban J connectivity index is 1.77. The molecule has 18 heavy (non-hydrogen) atoms. The molecular weight excluding hydrogens is 266 g/mol. The number of amides is 1. The Morgan fingerprint density at radius 1 is 1.28 bits per heavy atom. The van der Waals surface area contributed by atoms with E-state index in [9.17, 15) is 4.79 Å². The summed E-state index contributed by atoms with van der Waals surface area (Å²) in [7, 11) is 0. The third-order valence-corrected chi connectivity index (χ3v) is 3.76. The fourth-order valence-electron chi connectivity index (χ4n) is 1.62. The molecule has 1 amide bonds.